The van der Waals surface area contributed by atoms with Crippen LogP contribution in [0.2, 0.25) is 0 Å². The molecule has 0 amide bonds. The van der Waals surface area contributed by atoms with Crippen LogP contribution in [0.4, 0.5) is 0 Å². The van der Waals surface area contributed by atoms with Crippen LogP contribution in [0, 0.1) is 11.3 Å². The Hall–Kier alpha value is -1.33. The number of nitriles is 1. The van der Waals surface area contributed by atoms with E-state index in [1.165, 1.54) is 5.56 Å². The molecule has 0 aliphatic heterocycles. The minimum absolute atomic E-state index is 0.0193. The first-order valence-corrected chi connectivity index (χ1v) is 4.88. The fraction of sp³-hybridized carbons (Fsp3) is 0.417. The summed E-state index contributed by atoms with van der Waals surface area (Å²) in [6.45, 7) is 0.225. The highest BCUT2D eigenvalue weighted by Crippen LogP contribution is 2.47. The summed E-state index contributed by atoms with van der Waals surface area (Å²) in [5.41, 5.74) is 2.25. The van der Waals surface area contributed by atoms with Gasteiger partial charge in [-0.2, -0.15) is 5.26 Å². The van der Waals surface area contributed by atoms with Crippen LogP contribution >= 0.6 is 0 Å². The van der Waals surface area contributed by atoms with Crippen molar-refractivity contribution in [1.82, 2.24) is 0 Å². The minimum Gasteiger partial charge on any atom is -0.395 e. The quantitative estimate of drug-likeness (QED) is 0.783. The molecule has 14 heavy (non-hydrogen) atoms. The Bertz CT molecular complexity index is 374. The predicted octanol–water partition coefficient (Wildman–Crippen LogP) is 1.78. The summed E-state index contributed by atoms with van der Waals surface area (Å²) in [4.78, 5) is 0. The fourth-order valence-electron chi connectivity index (χ4n) is 1.79. The van der Waals surface area contributed by atoms with E-state index in [2.05, 4.69) is 6.07 Å². The standard InChI is InChI=1S/C12H13NO/c13-7-4-10-2-1-3-11(8-10)12(9-14)5-6-12/h1-3,8,14H,4-6,9H2. The lowest BCUT2D eigenvalue weighted by atomic mass is 9.95. The van der Waals surface area contributed by atoms with Crippen LogP contribution in [-0.2, 0) is 11.8 Å². The van der Waals surface area contributed by atoms with Crippen LogP contribution in [0.1, 0.15) is 24.0 Å². The summed E-state index contributed by atoms with van der Waals surface area (Å²) in [5.74, 6) is 0. The van der Waals surface area contributed by atoms with Gasteiger partial charge in [-0.25, -0.2) is 0 Å². The number of aliphatic hydroxyl groups is 1. The van der Waals surface area contributed by atoms with Gasteiger partial charge in [-0.15, -0.1) is 0 Å². The maximum atomic E-state index is 9.27. The van der Waals surface area contributed by atoms with E-state index in [9.17, 15) is 5.11 Å². The van der Waals surface area contributed by atoms with Crippen molar-refractivity contribution < 1.29 is 5.11 Å². The highest BCUT2D eigenvalue weighted by Gasteiger charge is 2.43. The first-order valence-electron chi connectivity index (χ1n) is 4.88. The van der Waals surface area contributed by atoms with Crippen molar-refractivity contribution >= 4 is 0 Å². The van der Waals surface area contributed by atoms with Crippen molar-refractivity contribution in [2.45, 2.75) is 24.7 Å². The molecule has 0 atom stereocenters. The molecule has 1 fully saturated rings. The average Bonchev–Trinajstić information content (AvgIpc) is 2.99. The molecule has 2 heteroatoms. The largest absolute Gasteiger partial charge is 0.395 e. The Morgan fingerprint density at radius 1 is 1.43 bits per heavy atom. The third-order valence-electron chi connectivity index (χ3n) is 2.98. The predicted molar refractivity (Wildman–Crippen MR) is 53.8 cm³/mol. The van der Waals surface area contributed by atoms with Crippen molar-refractivity contribution in [2.24, 2.45) is 0 Å². The Balaban J connectivity index is 2.27. The highest BCUT2D eigenvalue weighted by atomic mass is 16.3. The van der Waals surface area contributed by atoms with E-state index in [1.807, 2.05) is 24.3 Å². The van der Waals surface area contributed by atoms with Gasteiger partial charge in [0.05, 0.1) is 19.1 Å². The summed E-state index contributed by atoms with van der Waals surface area (Å²) in [5, 5.41) is 17.9. The molecule has 0 bridgehead atoms. The van der Waals surface area contributed by atoms with E-state index in [1.54, 1.807) is 0 Å². The fourth-order valence-corrected chi connectivity index (χ4v) is 1.79. The molecule has 1 aromatic rings. The lowest BCUT2D eigenvalue weighted by Crippen LogP contribution is -2.11. The van der Waals surface area contributed by atoms with E-state index < -0.39 is 0 Å². The second kappa shape index (κ2) is 3.43. The van der Waals surface area contributed by atoms with E-state index in [0.29, 0.717) is 6.42 Å². The van der Waals surface area contributed by atoms with Crippen molar-refractivity contribution in [3.05, 3.63) is 35.4 Å². The van der Waals surface area contributed by atoms with Gasteiger partial charge in [-0.3, -0.25) is 0 Å². The Labute approximate surface area is 83.8 Å². The molecular weight excluding hydrogens is 174 g/mol. The molecule has 1 N–H and O–H groups in total. The maximum absolute atomic E-state index is 9.27. The molecule has 1 aromatic carbocycles. The minimum atomic E-state index is 0.0193. The van der Waals surface area contributed by atoms with E-state index in [4.69, 9.17) is 5.26 Å². The van der Waals surface area contributed by atoms with Gasteiger partial charge < -0.3 is 5.11 Å². The number of nitrogens with zero attached hydrogens (tertiary/aromatic N) is 1. The molecule has 2 rings (SSSR count). The highest BCUT2D eigenvalue weighted by molar-refractivity contribution is 5.35. The lowest BCUT2D eigenvalue weighted by Gasteiger charge is -2.12. The van der Waals surface area contributed by atoms with Crippen LogP contribution in [0.3, 0.4) is 0 Å². The van der Waals surface area contributed by atoms with Gasteiger partial charge in [0.25, 0.3) is 0 Å². The topological polar surface area (TPSA) is 44.0 Å². The normalized spacial score (nSPS) is 17.4. The van der Waals surface area contributed by atoms with E-state index in [-0.39, 0.29) is 12.0 Å². The summed E-state index contributed by atoms with van der Waals surface area (Å²) >= 11 is 0. The van der Waals surface area contributed by atoms with Gasteiger partial charge in [0.15, 0.2) is 0 Å². The molecule has 1 aliphatic rings. The monoisotopic (exact) mass is 187 g/mol. The molecular formula is C12H13NO. The van der Waals surface area contributed by atoms with Crippen LogP contribution in [0.15, 0.2) is 24.3 Å². The molecule has 0 spiro atoms. The number of rotatable bonds is 3. The number of aliphatic hydroxyl groups excluding tert-OH is 1. The number of benzene rings is 1. The van der Waals surface area contributed by atoms with Gasteiger partial charge in [0, 0.05) is 5.41 Å². The Morgan fingerprint density at radius 2 is 2.21 bits per heavy atom. The second-order valence-electron chi connectivity index (χ2n) is 3.97. The Morgan fingerprint density at radius 3 is 2.79 bits per heavy atom. The molecule has 2 nitrogen and oxygen atoms in total. The molecule has 0 radical (unpaired) electrons. The molecule has 1 saturated carbocycles. The molecule has 1 aliphatic carbocycles. The molecule has 0 heterocycles. The van der Waals surface area contributed by atoms with Crippen molar-refractivity contribution in [2.75, 3.05) is 6.61 Å². The summed E-state index contributed by atoms with van der Waals surface area (Å²) < 4.78 is 0. The molecule has 0 unspecified atom stereocenters. The van der Waals surface area contributed by atoms with Gasteiger partial charge >= 0.3 is 0 Å². The zero-order valence-electron chi connectivity index (χ0n) is 8.03. The third-order valence-corrected chi connectivity index (χ3v) is 2.98. The zero-order chi connectivity index (χ0) is 10.0. The molecule has 72 valence electrons. The van der Waals surface area contributed by atoms with Crippen LogP contribution in [0.25, 0.3) is 0 Å². The van der Waals surface area contributed by atoms with Crippen LogP contribution < -0.4 is 0 Å². The van der Waals surface area contributed by atoms with Crippen molar-refractivity contribution in [3.63, 3.8) is 0 Å². The first-order chi connectivity index (χ1) is 6.80. The van der Waals surface area contributed by atoms with Crippen molar-refractivity contribution in [3.8, 4) is 6.07 Å². The van der Waals surface area contributed by atoms with E-state index in [0.717, 1.165) is 18.4 Å². The van der Waals surface area contributed by atoms with Gasteiger partial charge in [0.2, 0.25) is 0 Å². The Kier molecular flexibility index (Phi) is 2.26. The number of hydrogen-bond donors (Lipinski definition) is 1. The average molecular weight is 187 g/mol. The first kappa shape index (κ1) is 9.23. The van der Waals surface area contributed by atoms with Crippen molar-refractivity contribution in [1.29, 1.82) is 5.26 Å². The van der Waals surface area contributed by atoms with Gasteiger partial charge in [-0.05, 0) is 24.0 Å². The molecule has 0 aromatic heterocycles. The lowest BCUT2D eigenvalue weighted by molar-refractivity contribution is 0.255. The summed E-state index contributed by atoms with van der Waals surface area (Å²) in [7, 11) is 0. The van der Waals surface area contributed by atoms with Gasteiger partial charge in [0.1, 0.15) is 0 Å². The van der Waals surface area contributed by atoms with Gasteiger partial charge in [-0.1, -0.05) is 24.3 Å². The molecule has 0 saturated heterocycles. The number of hydrogen-bond acceptors (Lipinski definition) is 2. The summed E-state index contributed by atoms with van der Waals surface area (Å²) in [6.07, 6.45) is 2.59. The maximum Gasteiger partial charge on any atom is 0.0669 e. The third kappa shape index (κ3) is 1.51. The SMILES string of the molecule is N#CCc1cccc(C2(CO)CC2)c1. The van der Waals surface area contributed by atoms with Crippen LogP contribution in [-0.4, -0.2) is 11.7 Å². The smallest absolute Gasteiger partial charge is 0.0669 e. The summed E-state index contributed by atoms with van der Waals surface area (Å²) in [6, 6.07) is 10.2. The zero-order valence-corrected chi connectivity index (χ0v) is 8.03. The van der Waals surface area contributed by atoms with E-state index >= 15 is 0 Å². The second-order valence-corrected chi connectivity index (χ2v) is 3.97. The van der Waals surface area contributed by atoms with Crippen LogP contribution in [0.5, 0.6) is 0 Å².